The Balaban J connectivity index is 1.55. The van der Waals surface area contributed by atoms with Crippen LogP contribution < -0.4 is 0 Å². The molecule has 0 atom stereocenters. The first kappa shape index (κ1) is 22.6. The lowest BCUT2D eigenvalue weighted by atomic mass is 10.0. The van der Waals surface area contributed by atoms with Crippen LogP contribution in [0.5, 0.6) is 0 Å². The minimum absolute atomic E-state index is 0.0409. The van der Waals surface area contributed by atoms with Crippen molar-refractivity contribution in [1.29, 1.82) is 0 Å². The van der Waals surface area contributed by atoms with Gasteiger partial charge in [-0.1, -0.05) is 25.0 Å². The summed E-state index contributed by atoms with van der Waals surface area (Å²) in [6.45, 7) is 0.876. The number of fused-ring (bicyclic) bond motifs is 1. The number of aromatic nitrogens is 2. The average molecular weight is 487 g/mol. The first-order valence-corrected chi connectivity index (χ1v) is 12.5. The van der Waals surface area contributed by atoms with Crippen molar-refractivity contribution >= 4 is 32.4 Å². The van der Waals surface area contributed by atoms with Crippen molar-refractivity contribution in [2.75, 3.05) is 13.1 Å². The van der Waals surface area contributed by atoms with Crippen molar-refractivity contribution in [3.8, 4) is 0 Å². The van der Waals surface area contributed by atoms with Gasteiger partial charge < -0.3 is 0 Å². The van der Waals surface area contributed by atoms with Gasteiger partial charge in [0.25, 0.3) is 5.69 Å². The predicted octanol–water partition coefficient (Wildman–Crippen LogP) is 4.02. The first-order chi connectivity index (χ1) is 16.1. The maximum absolute atomic E-state index is 13.9. The molecule has 11 heteroatoms. The van der Waals surface area contributed by atoms with Crippen molar-refractivity contribution < 1.29 is 22.5 Å². The first-order valence-electron chi connectivity index (χ1n) is 11.1. The van der Waals surface area contributed by atoms with Gasteiger partial charge in [0.05, 0.1) is 21.4 Å². The highest BCUT2D eigenvalue weighted by molar-refractivity contribution is 7.89. The Labute approximate surface area is 195 Å². The van der Waals surface area contributed by atoms with Crippen LogP contribution in [-0.4, -0.2) is 52.0 Å². The van der Waals surface area contributed by atoms with Crippen molar-refractivity contribution in [1.82, 2.24) is 14.1 Å². The molecule has 0 radical (unpaired) electrons. The monoisotopic (exact) mass is 486 g/mol. The maximum Gasteiger partial charge on any atom is 0.271 e. The third kappa shape index (κ3) is 3.78. The van der Waals surface area contributed by atoms with Crippen LogP contribution in [0.25, 0.3) is 10.9 Å². The molecule has 0 bridgehead atoms. The molecule has 1 aromatic heterocycles. The van der Waals surface area contributed by atoms with E-state index in [1.165, 1.54) is 49.4 Å². The van der Waals surface area contributed by atoms with E-state index < -0.39 is 26.4 Å². The number of rotatable bonds is 6. The van der Waals surface area contributed by atoms with E-state index in [4.69, 9.17) is 0 Å². The number of nitrogens with zero attached hydrogens (tertiary/aromatic N) is 4. The molecular formula is C23H23FN4O5S. The summed E-state index contributed by atoms with van der Waals surface area (Å²) in [7, 11) is -3.94. The number of nitro benzene ring substituents is 1. The molecule has 1 aliphatic carbocycles. The van der Waals surface area contributed by atoms with Crippen LogP contribution in [0, 0.1) is 10.1 Å². The van der Waals surface area contributed by atoms with Crippen molar-refractivity contribution in [2.45, 2.75) is 49.2 Å². The minimum atomic E-state index is -3.94. The van der Waals surface area contributed by atoms with Gasteiger partial charge in [0, 0.05) is 36.2 Å². The van der Waals surface area contributed by atoms with E-state index in [-0.39, 0.29) is 41.0 Å². The van der Waals surface area contributed by atoms with Gasteiger partial charge in [-0.05, 0) is 38.0 Å². The maximum atomic E-state index is 13.9. The lowest BCUT2D eigenvalue weighted by Gasteiger charge is -2.40. The van der Waals surface area contributed by atoms with Crippen LogP contribution in [0.1, 0.15) is 54.7 Å². The quantitative estimate of drug-likeness (QED) is 0.295. The highest BCUT2D eigenvalue weighted by Gasteiger charge is 2.45. The molecule has 1 aliphatic heterocycles. The van der Waals surface area contributed by atoms with Crippen molar-refractivity contribution in [2.24, 2.45) is 0 Å². The van der Waals surface area contributed by atoms with Gasteiger partial charge in [0.1, 0.15) is 11.4 Å². The molecule has 2 fully saturated rings. The highest BCUT2D eigenvalue weighted by atomic mass is 32.2. The Morgan fingerprint density at radius 3 is 2.53 bits per heavy atom. The molecule has 0 amide bonds. The highest BCUT2D eigenvalue weighted by Crippen LogP contribution is 2.35. The van der Waals surface area contributed by atoms with E-state index in [0.29, 0.717) is 10.9 Å². The Morgan fingerprint density at radius 1 is 1.18 bits per heavy atom. The molecule has 178 valence electrons. The lowest BCUT2D eigenvalue weighted by Crippen LogP contribution is -2.58. The molecule has 2 aliphatic rings. The van der Waals surface area contributed by atoms with Gasteiger partial charge in [-0.2, -0.15) is 9.40 Å². The van der Waals surface area contributed by atoms with Crippen LogP contribution in [0.2, 0.25) is 0 Å². The molecule has 9 nitrogen and oxygen atoms in total. The number of halogens is 1. The number of sulfonamides is 1. The molecule has 0 spiro atoms. The summed E-state index contributed by atoms with van der Waals surface area (Å²) in [5.41, 5.74) is -0.897. The fourth-order valence-electron chi connectivity index (χ4n) is 4.78. The third-order valence-electron chi connectivity index (χ3n) is 6.53. The topological polar surface area (TPSA) is 115 Å². The Morgan fingerprint density at radius 2 is 1.88 bits per heavy atom. The zero-order valence-corrected chi connectivity index (χ0v) is 19.3. The molecule has 3 aromatic rings. The second-order valence-electron chi connectivity index (χ2n) is 9.23. The third-order valence-corrected chi connectivity index (χ3v) is 8.32. The molecule has 2 aromatic carbocycles. The van der Waals surface area contributed by atoms with E-state index in [9.17, 15) is 27.7 Å². The molecular weight excluding hydrogens is 463 g/mol. The fourth-order valence-corrected chi connectivity index (χ4v) is 6.48. The Hall–Kier alpha value is -3.18. The van der Waals surface area contributed by atoms with Crippen LogP contribution >= 0.6 is 0 Å². The summed E-state index contributed by atoms with van der Waals surface area (Å²) >= 11 is 0. The molecule has 0 unspecified atom stereocenters. The molecule has 1 saturated heterocycles. The molecule has 1 saturated carbocycles. The number of benzene rings is 2. The van der Waals surface area contributed by atoms with E-state index in [2.05, 4.69) is 5.10 Å². The minimum Gasteiger partial charge on any atom is -0.287 e. The number of carbonyl (C=O) groups is 1. The number of ketones is 1. The SMILES string of the molecule is CC1(F)CN(S(=O)(=O)c2cccc(C(=O)c3nn(C4CCCC4)c4cc([N+](=O)[O-])ccc34)c2)C1. The van der Waals surface area contributed by atoms with Crippen LogP contribution in [-0.2, 0) is 10.0 Å². The normalized spacial score (nSPS) is 18.8. The summed E-state index contributed by atoms with van der Waals surface area (Å²) in [6.07, 6.45) is 3.76. The summed E-state index contributed by atoms with van der Waals surface area (Å²) in [5.74, 6) is -0.480. The van der Waals surface area contributed by atoms with E-state index in [1.807, 2.05) is 0 Å². The Bertz CT molecular complexity index is 1420. The summed E-state index contributed by atoms with van der Waals surface area (Å²) < 4.78 is 42.4. The number of non-ortho nitro benzene ring substituents is 1. The standard InChI is InChI=1S/C23H23FN4O5S/c1-23(24)13-26(14-23)34(32,33)18-8-4-5-15(11-18)22(29)21-19-10-9-17(28(30)31)12-20(19)27(25-21)16-6-2-3-7-16/h4-5,8-12,16H,2-3,6-7,13-14H2,1H3. The number of alkyl halides is 1. The fraction of sp³-hybridized carbons (Fsp3) is 0.391. The second-order valence-corrected chi connectivity index (χ2v) is 11.2. The van der Waals surface area contributed by atoms with E-state index >= 15 is 0 Å². The van der Waals surface area contributed by atoms with E-state index in [0.717, 1.165) is 30.0 Å². The average Bonchev–Trinajstić information content (AvgIpc) is 3.44. The zero-order valence-electron chi connectivity index (χ0n) is 18.5. The van der Waals surface area contributed by atoms with Crippen LogP contribution in [0.15, 0.2) is 47.4 Å². The van der Waals surface area contributed by atoms with Crippen LogP contribution in [0.4, 0.5) is 10.1 Å². The predicted molar refractivity (Wildman–Crippen MR) is 122 cm³/mol. The van der Waals surface area contributed by atoms with Gasteiger partial charge in [0.15, 0.2) is 0 Å². The van der Waals surface area contributed by atoms with Crippen molar-refractivity contribution in [3.05, 3.63) is 63.8 Å². The largest absolute Gasteiger partial charge is 0.287 e. The van der Waals surface area contributed by atoms with Gasteiger partial charge >= 0.3 is 0 Å². The summed E-state index contributed by atoms with van der Waals surface area (Å²) in [4.78, 5) is 24.2. The molecule has 0 N–H and O–H groups in total. The van der Waals surface area contributed by atoms with Crippen molar-refractivity contribution in [3.63, 3.8) is 0 Å². The number of hydrogen-bond donors (Lipinski definition) is 0. The summed E-state index contributed by atoms with van der Waals surface area (Å²) in [5, 5.41) is 16.4. The lowest BCUT2D eigenvalue weighted by molar-refractivity contribution is -0.384. The van der Waals surface area contributed by atoms with E-state index in [1.54, 1.807) is 4.68 Å². The molecule has 5 rings (SSSR count). The zero-order chi connectivity index (χ0) is 24.3. The van der Waals surface area contributed by atoms with Gasteiger partial charge in [-0.25, -0.2) is 12.8 Å². The second kappa shape index (κ2) is 7.95. The molecule has 34 heavy (non-hydrogen) atoms. The van der Waals surface area contributed by atoms with Gasteiger partial charge in [-0.3, -0.25) is 19.6 Å². The number of carbonyl (C=O) groups excluding carboxylic acids is 1. The molecule has 2 heterocycles. The number of nitro groups is 1. The Kier molecular flexibility index (Phi) is 5.28. The summed E-state index contributed by atoms with van der Waals surface area (Å²) in [6, 6.07) is 9.93. The van der Waals surface area contributed by atoms with Gasteiger partial charge in [0.2, 0.25) is 15.8 Å². The van der Waals surface area contributed by atoms with Gasteiger partial charge in [-0.15, -0.1) is 0 Å². The smallest absolute Gasteiger partial charge is 0.271 e. The number of hydrogen-bond acceptors (Lipinski definition) is 6. The van der Waals surface area contributed by atoms with Crippen LogP contribution in [0.3, 0.4) is 0 Å².